The van der Waals surface area contributed by atoms with Gasteiger partial charge in [-0.1, -0.05) is 42.5 Å². The van der Waals surface area contributed by atoms with Crippen LogP contribution in [0.4, 0.5) is 0 Å². The monoisotopic (exact) mass is 404 g/mol. The maximum atomic E-state index is 11.8. The summed E-state index contributed by atoms with van der Waals surface area (Å²) >= 11 is 2.26. The minimum atomic E-state index is -0.443. The number of halogens is 1. The molecule has 0 unspecified atom stereocenters. The van der Waals surface area contributed by atoms with Crippen molar-refractivity contribution < 1.29 is 9.53 Å². The second-order valence-electron chi connectivity index (χ2n) is 4.64. The lowest BCUT2D eigenvalue weighted by Gasteiger charge is -2.09. The summed E-state index contributed by atoms with van der Waals surface area (Å²) in [6.07, 6.45) is 0. The molecule has 1 heterocycles. The Bertz CT molecular complexity index is 813. The largest absolute Gasteiger partial charge is 0.464 e. The molecule has 5 heteroatoms. The van der Waals surface area contributed by atoms with E-state index in [9.17, 15) is 4.79 Å². The fourth-order valence-electron chi connectivity index (χ4n) is 2.21. The van der Waals surface area contributed by atoms with E-state index in [1.165, 1.54) is 7.11 Å². The highest BCUT2D eigenvalue weighted by Crippen LogP contribution is 2.26. The maximum absolute atomic E-state index is 11.8. The van der Waals surface area contributed by atoms with E-state index >= 15 is 0 Å². The number of hydrogen-bond donors (Lipinski definition) is 0. The summed E-state index contributed by atoms with van der Waals surface area (Å²) in [7, 11) is 1.36. The summed E-state index contributed by atoms with van der Waals surface area (Å²) in [6, 6.07) is 19.5. The smallest absolute Gasteiger partial charge is 0.358 e. The van der Waals surface area contributed by atoms with Crippen molar-refractivity contribution in [2.24, 2.45) is 0 Å². The standard InChI is InChI=1S/C17H13IN2O2/c1-22-17(21)14-11-16(12-7-3-2-4-8-12)20(19-14)15-10-6-5-9-13(15)18/h2-11H,1H3. The molecule has 22 heavy (non-hydrogen) atoms. The highest BCUT2D eigenvalue weighted by Gasteiger charge is 2.17. The summed E-state index contributed by atoms with van der Waals surface area (Å²) in [6.45, 7) is 0. The van der Waals surface area contributed by atoms with E-state index in [0.717, 1.165) is 20.5 Å². The van der Waals surface area contributed by atoms with Crippen LogP contribution in [0, 0.1) is 3.57 Å². The summed E-state index contributed by atoms with van der Waals surface area (Å²) in [5.74, 6) is -0.443. The van der Waals surface area contributed by atoms with E-state index in [1.54, 1.807) is 10.7 Å². The molecule has 110 valence electrons. The van der Waals surface area contributed by atoms with Crippen molar-refractivity contribution in [1.82, 2.24) is 9.78 Å². The fraction of sp³-hybridized carbons (Fsp3) is 0.0588. The molecular weight excluding hydrogens is 391 g/mol. The van der Waals surface area contributed by atoms with Gasteiger partial charge in [-0.3, -0.25) is 0 Å². The molecule has 0 aliphatic heterocycles. The number of benzene rings is 2. The van der Waals surface area contributed by atoms with Crippen molar-refractivity contribution in [3.63, 3.8) is 0 Å². The van der Waals surface area contributed by atoms with E-state index < -0.39 is 5.97 Å². The minimum absolute atomic E-state index is 0.293. The van der Waals surface area contributed by atoms with Crippen LogP contribution in [-0.2, 0) is 4.74 Å². The van der Waals surface area contributed by atoms with E-state index in [1.807, 2.05) is 54.6 Å². The highest BCUT2D eigenvalue weighted by molar-refractivity contribution is 14.1. The van der Waals surface area contributed by atoms with Crippen LogP contribution in [-0.4, -0.2) is 22.9 Å². The van der Waals surface area contributed by atoms with Crippen LogP contribution in [0.15, 0.2) is 60.7 Å². The number of ether oxygens (including phenoxy) is 1. The predicted octanol–water partition coefficient (Wildman–Crippen LogP) is 3.93. The van der Waals surface area contributed by atoms with Gasteiger partial charge in [0.15, 0.2) is 5.69 Å². The van der Waals surface area contributed by atoms with E-state index in [0.29, 0.717) is 5.69 Å². The summed E-state index contributed by atoms with van der Waals surface area (Å²) in [5.41, 5.74) is 3.06. The number of para-hydroxylation sites is 1. The highest BCUT2D eigenvalue weighted by atomic mass is 127. The van der Waals surface area contributed by atoms with Gasteiger partial charge in [-0.25, -0.2) is 9.48 Å². The lowest BCUT2D eigenvalue weighted by Crippen LogP contribution is -2.05. The van der Waals surface area contributed by atoms with Gasteiger partial charge in [0.05, 0.1) is 18.5 Å². The zero-order valence-electron chi connectivity index (χ0n) is 11.9. The van der Waals surface area contributed by atoms with Gasteiger partial charge in [-0.05, 0) is 40.8 Å². The molecule has 0 radical (unpaired) electrons. The molecule has 0 saturated carbocycles. The summed E-state index contributed by atoms with van der Waals surface area (Å²) in [5, 5.41) is 4.43. The average Bonchev–Trinajstić information content (AvgIpc) is 3.00. The second-order valence-corrected chi connectivity index (χ2v) is 5.80. The molecule has 0 aliphatic rings. The molecule has 2 aromatic carbocycles. The van der Waals surface area contributed by atoms with Crippen LogP contribution < -0.4 is 0 Å². The number of carbonyl (C=O) groups is 1. The van der Waals surface area contributed by atoms with Crippen LogP contribution in [0.5, 0.6) is 0 Å². The van der Waals surface area contributed by atoms with E-state index in [-0.39, 0.29) is 0 Å². The molecule has 0 spiro atoms. The number of aromatic nitrogens is 2. The summed E-state index contributed by atoms with van der Waals surface area (Å²) < 4.78 is 7.62. The van der Waals surface area contributed by atoms with Gasteiger partial charge in [-0.15, -0.1) is 0 Å². The molecule has 0 saturated heterocycles. The zero-order chi connectivity index (χ0) is 15.5. The van der Waals surface area contributed by atoms with Gasteiger partial charge in [-0.2, -0.15) is 5.10 Å². The number of hydrogen-bond acceptors (Lipinski definition) is 3. The molecule has 0 amide bonds. The van der Waals surface area contributed by atoms with Gasteiger partial charge < -0.3 is 4.74 Å². The van der Waals surface area contributed by atoms with Crippen LogP contribution in [0.2, 0.25) is 0 Å². The Kier molecular flexibility index (Phi) is 4.24. The third-order valence-electron chi connectivity index (χ3n) is 3.25. The molecule has 3 aromatic rings. The first-order valence-electron chi connectivity index (χ1n) is 6.69. The van der Waals surface area contributed by atoms with Gasteiger partial charge in [0.2, 0.25) is 0 Å². The lowest BCUT2D eigenvalue weighted by atomic mass is 10.1. The molecule has 0 N–H and O–H groups in total. The third kappa shape index (κ3) is 2.76. The topological polar surface area (TPSA) is 44.1 Å². The summed E-state index contributed by atoms with van der Waals surface area (Å²) in [4.78, 5) is 11.8. The molecular formula is C17H13IN2O2. The molecule has 0 bridgehead atoms. The minimum Gasteiger partial charge on any atom is -0.464 e. The Morgan fingerprint density at radius 2 is 1.77 bits per heavy atom. The van der Waals surface area contributed by atoms with Crippen molar-refractivity contribution in [2.45, 2.75) is 0 Å². The maximum Gasteiger partial charge on any atom is 0.358 e. The van der Waals surface area contributed by atoms with E-state index in [4.69, 9.17) is 4.74 Å². The fourth-order valence-corrected chi connectivity index (χ4v) is 2.82. The Hall–Kier alpha value is -2.15. The molecule has 4 nitrogen and oxygen atoms in total. The van der Waals surface area contributed by atoms with Crippen LogP contribution in [0.25, 0.3) is 16.9 Å². The Labute approximate surface area is 141 Å². The van der Waals surface area contributed by atoms with Gasteiger partial charge >= 0.3 is 5.97 Å². The van der Waals surface area contributed by atoms with Gasteiger partial charge in [0, 0.05) is 9.13 Å². The average molecular weight is 404 g/mol. The van der Waals surface area contributed by atoms with Crippen molar-refractivity contribution in [2.75, 3.05) is 7.11 Å². The van der Waals surface area contributed by atoms with Gasteiger partial charge in [0.1, 0.15) is 0 Å². The zero-order valence-corrected chi connectivity index (χ0v) is 14.0. The first-order chi connectivity index (χ1) is 10.7. The van der Waals surface area contributed by atoms with Gasteiger partial charge in [0.25, 0.3) is 0 Å². The normalized spacial score (nSPS) is 10.5. The van der Waals surface area contributed by atoms with Crippen molar-refractivity contribution >= 4 is 28.6 Å². The first-order valence-corrected chi connectivity index (χ1v) is 7.77. The van der Waals surface area contributed by atoms with Crippen molar-refractivity contribution in [3.8, 4) is 16.9 Å². The molecule has 0 fully saturated rings. The Balaban J connectivity index is 2.22. The Morgan fingerprint density at radius 1 is 1.09 bits per heavy atom. The van der Waals surface area contributed by atoms with E-state index in [2.05, 4.69) is 27.7 Å². The number of esters is 1. The molecule has 1 aromatic heterocycles. The quantitative estimate of drug-likeness (QED) is 0.491. The predicted molar refractivity (Wildman–Crippen MR) is 93.1 cm³/mol. The molecule has 0 aliphatic carbocycles. The molecule has 0 atom stereocenters. The van der Waals surface area contributed by atoms with Crippen LogP contribution >= 0.6 is 22.6 Å². The van der Waals surface area contributed by atoms with Crippen molar-refractivity contribution in [1.29, 1.82) is 0 Å². The van der Waals surface area contributed by atoms with Crippen LogP contribution in [0.1, 0.15) is 10.5 Å². The second kappa shape index (κ2) is 6.31. The number of methoxy groups -OCH3 is 1. The Morgan fingerprint density at radius 3 is 2.45 bits per heavy atom. The molecule has 3 rings (SSSR count). The lowest BCUT2D eigenvalue weighted by molar-refractivity contribution is 0.0593. The first kappa shape index (κ1) is 14.8. The number of carbonyl (C=O) groups excluding carboxylic acids is 1. The SMILES string of the molecule is COC(=O)c1cc(-c2ccccc2)n(-c2ccccc2I)n1. The number of rotatable bonds is 3. The van der Waals surface area contributed by atoms with Crippen LogP contribution in [0.3, 0.4) is 0 Å². The van der Waals surface area contributed by atoms with Crippen molar-refractivity contribution in [3.05, 3.63) is 69.9 Å². The third-order valence-corrected chi connectivity index (χ3v) is 4.17. The number of nitrogens with zero attached hydrogens (tertiary/aromatic N) is 2.